The van der Waals surface area contributed by atoms with E-state index < -0.39 is 0 Å². The number of rotatable bonds is 9. The van der Waals surface area contributed by atoms with Gasteiger partial charge in [0.2, 0.25) is 11.9 Å². The number of hydrogen-bond acceptors (Lipinski definition) is 5. The van der Waals surface area contributed by atoms with E-state index in [9.17, 15) is 4.79 Å². The number of carbonyl (C=O) groups excluding carboxylic acids is 1. The molecular weight excluding hydrogens is 424 g/mol. The molecule has 0 aliphatic rings. The van der Waals surface area contributed by atoms with E-state index in [1.807, 2.05) is 61.8 Å². The average Bonchev–Trinajstić information content (AvgIpc) is 3.22. The first-order chi connectivity index (χ1) is 15.6. The number of H-pyrrole nitrogens is 1. The molecule has 0 saturated carbocycles. The molecule has 2 aromatic heterocycles. The molecule has 7 nitrogen and oxygen atoms in total. The Balaban J connectivity index is 1.48. The number of nitrogens with zero attached hydrogens (tertiary/aromatic N) is 2. The minimum atomic E-state index is 0.00242. The SMILES string of the molecule is CNCCCCC(=O)Nc1cccc(Nc2ncc(Cl)c(-c3c[nH]c4ccccc34)n2)c1. The first-order valence-corrected chi connectivity index (χ1v) is 10.9. The van der Waals surface area contributed by atoms with Gasteiger partial charge in [0.1, 0.15) is 0 Å². The molecule has 4 aromatic rings. The first kappa shape index (κ1) is 21.8. The van der Waals surface area contributed by atoms with Crippen molar-refractivity contribution in [3.8, 4) is 11.3 Å². The van der Waals surface area contributed by atoms with E-state index in [1.165, 1.54) is 0 Å². The Bertz CT molecular complexity index is 1220. The first-order valence-electron chi connectivity index (χ1n) is 10.5. The van der Waals surface area contributed by atoms with Crippen LogP contribution in [0.25, 0.3) is 22.2 Å². The van der Waals surface area contributed by atoms with E-state index in [0.29, 0.717) is 23.1 Å². The van der Waals surface area contributed by atoms with Crippen LogP contribution in [0.15, 0.2) is 60.9 Å². The van der Waals surface area contributed by atoms with Crippen molar-refractivity contribution in [3.05, 3.63) is 65.9 Å². The Kier molecular flexibility index (Phi) is 6.99. The topological polar surface area (TPSA) is 94.7 Å². The Hall–Kier alpha value is -3.42. The van der Waals surface area contributed by atoms with Crippen LogP contribution in [0.4, 0.5) is 17.3 Å². The van der Waals surface area contributed by atoms with Gasteiger partial charge in [-0.05, 0) is 50.7 Å². The van der Waals surface area contributed by atoms with Crippen molar-refractivity contribution in [2.75, 3.05) is 24.2 Å². The van der Waals surface area contributed by atoms with Crippen LogP contribution in [0.1, 0.15) is 19.3 Å². The van der Waals surface area contributed by atoms with Crippen molar-refractivity contribution in [1.29, 1.82) is 0 Å². The van der Waals surface area contributed by atoms with Crippen LogP contribution in [-0.2, 0) is 4.79 Å². The summed E-state index contributed by atoms with van der Waals surface area (Å²) < 4.78 is 0. The summed E-state index contributed by atoms with van der Waals surface area (Å²) in [5, 5.41) is 10.7. The zero-order valence-corrected chi connectivity index (χ0v) is 18.5. The molecule has 1 amide bonds. The third kappa shape index (κ3) is 5.25. The summed E-state index contributed by atoms with van der Waals surface area (Å²) >= 11 is 6.42. The molecule has 4 rings (SSSR count). The van der Waals surface area contributed by atoms with E-state index in [4.69, 9.17) is 11.6 Å². The third-order valence-corrected chi connectivity index (χ3v) is 5.35. The molecule has 0 atom stereocenters. The number of nitrogens with one attached hydrogen (secondary N) is 4. The van der Waals surface area contributed by atoms with Gasteiger partial charge in [-0.2, -0.15) is 0 Å². The van der Waals surface area contributed by atoms with E-state index in [0.717, 1.165) is 47.2 Å². The Labute approximate surface area is 191 Å². The second-order valence-electron chi connectivity index (χ2n) is 7.45. The molecule has 0 bridgehead atoms. The summed E-state index contributed by atoms with van der Waals surface area (Å²) in [6.07, 6.45) is 5.80. The van der Waals surface area contributed by atoms with Gasteiger partial charge in [0.05, 0.1) is 16.9 Å². The van der Waals surface area contributed by atoms with Crippen LogP contribution in [0.5, 0.6) is 0 Å². The van der Waals surface area contributed by atoms with E-state index in [2.05, 4.69) is 30.9 Å². The van der Waals surface area contributed by atoms with Crippen LogP contribution in [-0.4, -0.2) is 34.5 Å². The van der Waals surface area contributed by atoms with Crippen molar-refractivity contribution in [2.24, 2.45) is 0 Å². The van der Waals surface area contributed by atoms with Crippen molar-refractivity contribution in [2.45, 2.75) is 19.3 Å². The van der Waals surface area contributed by atoms with Crippen LogP contribution >= 0.6 is 11.6 Å². The molecule has 4 N–H and O–H groups in total. The van der Waals surface area contributed by atoms with Gasteiger partial charge < -0.3 is 20.9 Å². The van der Waals surface area contributed by atoms with E-state index in [-0.39, 0.29) is 5.91 Å². The number of unbranched alkanes of at least 4 members (excludes halogenated alkanes) is 1. The number of carbonyl (C=O) groups is 1. The van der Waals surface area contributed by atoms with Gasteiger partial charge in [0.25, 0.3) is 0 Å². The third-order valence-electron chi connectivity index (χ3n) is 5.07. The molecule has 0 unspecified atom stereocenters. The lowest BCUT2D eigenvalue weighted by atomic mass is 10.1. The number of fused-ring (bicyclic) bond motifs is 1. The molecule has 0 spiro atoms. The molecule has 2 heterocycles. The van der Waals surface area contributed by atoms with E-state index >= 15 is 0 Å². The van der Waals surface area contributed by atoms with Gasteiger partial charge in [0.15, 0.2) is 0 Å². The molecule has 0 aliphatic carbocycles. The second kappa shape index (κ2) is 10.3. The summed E-state index contributed by atoms with van der Waals surface area (Å²) in [7, 11) is 1.91. The normalized spacial score (nSPS) is 10.9. The van der Waals surface area contributed by atoms with Crippen molar-refractivity contribution in [1.82, 2.24) is 20.3 Å². The summed E-state index contributed by atoms with van der Waals surface area (Å²) in [6, 6.07) is 15.5. The fourth-order valence-corrected chi connectivity index (χ4v) is 3.69. The van der Waals surface area contributed by atoms with Crippen molar-refractivity contribution < 1.29 is 4.79 Å². The number of amides is 1. The van der Waals surface area contributed by atoms with Crippen LogP contribution in [0.3, 0.4) is 0 Å². The molecule has 0 aliphatic heterocycles. The molecule has 32 heavy (non-hydrogen) atoms. The predicted octanol–water partition coefficient (Wildman–Crippen LogP) is 5.35. The van der Waals surface area contributed by atoms with Gasteiger partial charge in [-0.15, -0.1) is 0 Å². The molecule has 2 aromatic carbocycles. The maximum atomic E-state index is 12.2. The summed E-state index contributed by atoms with van der Waals surface area (Å²) in [4.78, 5) is 24.4. The Morgan fingerprint density at radius 2 is 1.94 bits per heavy atom. The van der Waals surface area contributed by atoms with Crippen LogP contribution in [0, 0.1) is 0 Å². The van der Waals surface area contributed by atoms with Gasteiger partial charge in [-0.1, -0.05) is 35.9 Å². The highest BCUT2D eigenvalue weighted by molar-refractivity contribution is 6.33. The number of aromatic nitrogens is 3. The largest absolute Gasteiger partial charge is 0.360 e. The minimum Gasteiger partial charge on any atom is -0.360 e. The lowest BCUT2D eigenvalue weighted by Crippen LogP contribution is -2.13. The number of para-hydroxylation sites is 1. The lowest BCUT2D eigenvalue weighted by molar-refractivity contribution is -0.116. The molecule has 0 saturated heterocycles. The Morgan fingerprint density at radius 1 is 1.09 bits per heavy atom. The van der Waals surface area contributed by atoms with Gasteiger partial charge >= 0.3 is 0 Å². The number of halogens is 1. The predicted molar refractivity (Wildman–Crippen MR) is 130 cm³/mol. The Morgan fingerprint density at radius 3 is 2.81 bits per heavy atom. The number of benzene rings is 2. The zero-order chi connectivity index (χ0) is 22.3. The minimum absolute atomic E-state index is 0.00242. The average molecular weight is 449 g/mol. The second-order valence-corrected chi connectivity index (χ2v) is 7.86. The quantitative estimate of drug-likeness (QED) is 0.259. The fourth-order valence-electron chi connectivity index (χ4n) is 3.50. The molecule has 0 radical (unpaired) electrons. The number of aromatic amines is 1. The zero-order valence-electron chi connectivity index (χ0n) is 17.8. The number of anilines is 3. The fraction of sp³-hybridized carbons (Fsp3) is 0.208. The van der Waals surface area contributed by atoms with Gasteiger partial charge in [0, 0.05) is 40.5 Å². The maximum Gasteiger partial charge on any atom is 0.227 e. The molecule has 0 fully saturated rings. The van der Waals surface area contributed by atoms with Gasteiger partial charge in [-0.3, -0.25) is 4.79 Å². The van der Waals surface area contributed by atoms with Crippen LogP contribution < -0.4 is 16.0 Å². The van der Waals surface area contributed by atoms with Gasteiger partial charge in [-0.25, -0.2) is 9.97 Å². The summed E-state index contributed by atoms with van der Waals surface area (Å²) in [6.45, 7) is 0.911. The smallest absolute Gasteiger partial charge is 0.227 e. The monoisotopic (exact) mass is 448 g/mol. The van der Waals surface area contributed by atoms with Crippen LogP contribution in [0.2, 0.25) is 5.02 Å². The van der Waals surface area contributed by atoms with Crippen molar-refractivity contribution in [3.63, 3.8) is 0 Å². The maximum absolute atomic E-state index is 12.2. The molecular formula is C24H25ClN6O. The molecule has 8 heteroatoms. The lowest BCUT2D eigenvalue weighted by Gasteiger charge is -2.10. The van der Waals surface area contributed by atoms with E-state index in [1.54, 1.807) is 6.20 Å². The highest BCUT2D eigenvalue weighted by Crippen LogP contribution is 2.32. The highest BCUT2D eigenvalue weighted by Gasteiger charge is 2.13. The highest BCUT2D eigenvalue weighted by atomic mass is 35.5. The summed E-state index contributed by atoms with van der Waals surface area (Å²) in [5.74, 6) is 0.424. The summed E-state index contributed by atoms with van der Waals surface area (Å²) in [5.41, 5.74) is 4.06. The number of hydrogen-bond donors (Lipinski definition) is 4. The van der Waals surface area contributed by atoms with Crippen molar-refractivity contribution >= 4 is 45.7 Å². The standard InChI is InChI=1S/C24H25ClN6O/c1-26-12-5-4-11-22(32)29-16-7-6-8-17(13-16)30-24-28-15-20(25)23(31-24)19-14-27-21-10-3-2-9-18(19)21/h2-3,6-10,13-15,26-27H,4-5,11-12H2,1H3,(H,29,32)(H,28,30,31). The molecule has 164 valence electrons.